The SMILES string of the molecule is CCNC(=NCC1CCN(c2ccccc2)C1)NCC1CC1.I. The van der Waals surface area contributed by atoms with Gasteiger partial charge in [0.15, 0.2) is 5.96 Å². The van der Waals surface area contributed by atoms with Gasteiger partial charge in [0.2, 0.25) is 0 Å². The molecule has 1 unspecified atom stereocenters. The van der Waals surface area contributed by atoms with Crippen LogP contribution in [0, 0.1) is 11.8 Å². The lowest BCUT2D eigenvalue weighted by Gasteiger charge is -2.18. The topological polar surface area (TPSA) is 39.7 Å². The number of aliphatic imine (C=N–C) groups is 1. The first kappa shape index (κ1) is 18.4. The monoisotopic (exact) mass is 428 g/mol. The van der Waals surface area contributed by atoms with E-state index in [0.717, 1.165) is 44.6 Å². The first-order chi connectivity index (χ1) is 10.8. The number of nitrogens with one attached hydrogen (secondary N) is 2. The Labute approximate surface area is 157 Å². The van der Waals surface area contributed by atoms with Gasteiger partial charge in [-0.05, 0) is 50.2 Å². The van der Waals surface area contributed by atoms with Crippen LogP contribution in [-0.4, -0.2) is 38.7 Å². The summed E-state index contributed by atoms with van der Waals surface area (Å²) in [6.07, 6.45) is 3.99. The van der Waals surface area contributed by atoms with Gasteiger partial charge in [-0.25, -0.2) is 0 Å². The van der Waals surface area contributed by atoms with Gasteiger partial charge < -0.3 is 15.5 Å². The lowest BCUT2D eigenvalue weighted by molar-refractivity contribution is 0.598. The minimum absolute atomic E-state index is 0. The Bertz CT molecular complexity index is 487. The number of para-hydroxylation sites is 1. The van der Waals surface area contributed by atoms with E-state index in [-0.39, 0.29) is 24.0 Å². The summed E-state index contributed by atoms with van der Waals surface area (Å²) in [5, 5.41) is 6.83. The fourth-order valence-corrected chi connectivity index (χ4v) is 2.98. The first-order valence-electron chi connectivity index (χ1n) is 8.67. The molecule has 0 aromatic heterocycles. The second kappa shape index (κ2) is 9.35. The molecule has 0 spiro atoms. The molecule has 23 heavy (non-hydrogen) atoms. The van der Waals surface area contributed by atoms with Gasteiger partial charge in [0.25, 0.3) is 0 Å². The zero-order valence-electron chi connectivity index (χ0n) is 14.0. The number of anilines is 1. The molecule has 1 aliphatic carbocycles. The van der Waals surface area contributed by atoms with Gasteiger partial charge in [0.05, 0.1) is 0 Å². The molecule has 1 saturated carbocycles. The Kier molecular flexibility index (Phi) is 7.46. The van der Waals surface area contributed by atoms with E-state index in [4.69, 9.17) is 4.99 Å². The van der Waals surface area contributed by atoms with Gasteiger partial charge in [-0.1, -0.05) is 18.2 Å². The van der Waals surface area contributed by atoms with E-state index in [1.165, 1.54) is 24.9 Å². The van der Waals surface area contributed by atoms with E-state index in [9.17, 15) is 0 Å². The second-order valence-electron chi connectivity index (χ2n) is 6.48. The maximum absolute atomic E-state index is 4.79. The number of hydrogen-bond acceptors (Lipinski definition) is 2. The molecule has 1 aromatic carbocycles. The maximum Gasteiger partial charge on any atom is 0.191 e. The zero-order valence-corrected chi connectivity index (χ0v) is 16.3. The third kappa shape index (κ3) is 5.86. The molecule has 4 nitrogen and oxygen atoms in total. The van der Waals surface area contributed by atoms with Gasteiger partial charge in [0, 0.05) is 38.4 Å². The van der Waals surface area contributed by atoms with Gasteiger partial charge in [0.1, 0.15) is 0 Å². The summed E-state index contributed by atoms with van der Waals surface area (Å²) in [5.41, 5.74) is 1.34. The molecule has 1 saturated heterocycles. The second-order valence-corrected chi connectivity index (χ2v) is 6.48. The molecule has 1 heterocycles. The summed E-state index contributed by atoms with van der Waals surface area (Å²) >= 11 is 0. The van der Waals surface area contributed by atoms with Crippen molar-refractivity contribution in [3.05, 3.63) is 30.3 Å². The minimum atomic E-state index is 0. The number of guanidine groups is 1. The molecular weight excluding hydrogens is 399 g/mol. The first-order valence-corrected chi connectivity index (χ1v) is 8.67. The van der Waals surface area contributed by atoms with Crippen LogP contribution >= 0.6 is 24.0 Å². The molecular formula is C18H29IN4. The maximum atomic E-state index is 4.79. The lowest BCUT2D eigenvalue weighted by Crippen LogP contribution is -2.38. The molecule has 2 aliphatic rings. The number of benzene rings is 1. The number of halogens is 1. The van der Waals surface area contributed by atoms with E-state index >= 15 is 0 Å². The van der Waals surface area contributed by atoms with E-state index < -0.39 is 0 Å². The molecule has 0 radical (unpaired) electrons. The number of nitrogens with zero attached hydrogens (tertiary/aromatic N) is 2. The van der Waals surface area contributed by atoms with Crippen molar-refractivity contribution in [1.29, 1.82) is 0 Å². The quantitative estimate of drug-likeness (QED) is 0.416. The highest BCUT2D eigenvalue weighted by Gasteiger charge is 2.23. The van der Waals surface area contributed by atoms with Crippen molar-refractivity contribution < 1.29 is 0 Å². The van der Waals surface area contributed by atoms with Crippen molar-refractivity contribution in [1.82, 2.24) is 10.6 Å². The van der Waals surface area contributed by atoms with Gasteiger partial charge in [-0.2, -0.15) is 0 Å². The Morgan fingerprint density at radius 2 is 1.91 bits per heavy atom. The fourth-order valence-electron chi connectivity index (χ4n) is 2.98. The molecule has 0 bridgehead atoms. The van der Waals surface area contributed by atoms with Crippen molar-refractivity contribution >= 4 is 35.6 Å². The van der Waals surface area contributed by atoms with E-state index in [1.54, 1.807) is 0 Å². The molecule has 0 amide bonds. The van der Waals surface area contributed by atoms with Crippen LogP contribution in [0.1, 0.15) is 26.2 Å². The Balaban J connectivity index is 0.00000192. The predicted molar refractivity (Wildman–Crippen MR) is 109 cm³/mol. The van der Waals surface area contributed by atoms with Crippen molar-refractivity contribution in [3.63, 3.8) is 0 Å². The number of hydrogen-bond donors (Lipinski definition) is 2. The van der Waals surface area contributed by atoms with Crippen molar-refractivity contribution in [2.24, 2.45) is 16.8 Å². The van der Waals surface area contributed by atoms with Crippen LogP contribution < -0.4 is 15.5 Å². The van der Waals surface area contributed by atoms with Crippen LogP contribution in [-0.2, 0) is 0 Å². The third-order valence-corrected chi connectivity index (χ3v) is 4.51. The predicted octanol–water partition coefficient (Wildman–Crippen LogP) is 3.10. The summed E-state index contributed by atoms with van der Waals surface area (Å²) in [6, 6.07) is 10.7. The van der Waals surface area contributed by atoms with Crippen molar-refractivity contribution in [3.8, 4) is 0 Å². The van der Waals surface area contributed by atoms with E-state index in [1.807, 2.05) is 0 Å². The third-order valence-electron chi connectivity index (χ3n) is 4.51. The highest BCUT2D eigenvalue weighted by atomic mass is 127. The van der Waals surface area contributed by atoms with Crippen LogP contribution in [0.2, 0.25) is 0 Å². The number of rotatable bonds is 6. The Hall–Kier alpha value is -0.980. The summed E-state index contributed by atoms with van der Waals surface area (Å²) < 4.78 is 0. The summed E-state index contributed by atoms with van der Waals surface area (Å²) in [4.78, 5) is 7.27. The highest BCUT2D eigenvalue weighted by molar-refractivity contribution is 14.0. The highest BCUT2D eigenvalue weighted by Crippen LogP contribution is 2.27. The van der Waals surface area contributed by atoms with Crippen LogP contribution in [0.3, 0.4) is 0 Å². The summed E-state index contributed by atoms with van der Waals surface area (Å²) in [6.45, 7) is 7.32. The average molecular weight is 428 g/mol. The molecule has 1 aliphatic heterocycles. The van der Waals surface area contributed by atoms with Crippen molar-refractivity contribution in [2.45, 2.75) is 26.2 Å². The van der Waals surface area contributed by atoms with Gasteiger partial charge in [-0.15, -0.1) is 24.0 Å². The standard InChI is InChI=1S/C18H28N4.HI/c1-2-19-18(20-12-15-8-9-15)21-13-16-10-11-22(14-16)17-6-4-3-5-7-17;/h3-7,15-16H,2,8-14H2,1H3,(H2,19,20,21);1H. The van der Waals surface area contributed by atoms with Gasteiger partial charge in [-0.3, -0.25) is 4.99 Å². The molecule has 3 rings (SSSR count). The molecule has 1 atom stereocenters. The van der Waals surface area contributed by atoms with E-state index in [2.05, 4.69) is 52.8 Å². The van der Waals surface area contributed by atoms with Crippen LogP contribution in [0.25, 0.3) is 0 Å². The zero-order chi connectivity index (χ0) is 15.2. The fraction of sp³-hybridized carbons (Fsp3) is 0.611. The van der Waals surface area contributed by atoms with Crippen LogP contribution in [0.15, 0.2) is 35.3 Å². The molecule has 128 valence electrons. The Morgan fingerprint density at radius 1 is 1.13 bits per heavy atom. The minimum Gasteiger partial charge on any atom is -0.371 e. The van der Waals surface area contributed by atoms with Crippen LogP contribution in [0.5, 0.6) is 0 Å². The summed E-state index contributed by atoms with van der Waals surface area (Å²) in [5.74, 6) is 2.54. The molecule has 1 aromatic rings. The Morgan fingerprint density at radius 3 is 2.61 bits per heavy atom. The normalized spacial score (nSPS) is 21.0. The van der Waals surface area contributed by atoms with Crippen LogP contribution in [0.4, 0.5) is 5.69 Å². The smallest absolute Gasteiger partial charge is 0.191 e. The summed E-state index contributed by atoms with van der Waals surface area (Å²) in [7, 11) is 0. The van der Waals surface area contributed by atoms with Gasteiger partial charge >= 0.3 is 0 Å². The average Bonchev–Trinajstić information content (AvgIpc) is 3.27. The van der Waals surface area contributed by atoms with E-state index in [0.29, 0.717) is 5.92 Å². The lowest BCUT2D eigenvalue weighted by atomic mass is 10.1. The molecule has 2 fully saturated rings. The molecule has 2 N–H and O–H groups in total. The largest absolute Gasteiger partial charge is 0.371 e. The van der Waals surface area contributed by atoms with Crippen molar-refractivity contribution in [2.75, 3.05) is 37.6 Å². The molecule has 5 heteroatoms.